The van der Waals surface area contributed by atoms with Crippen LogP contribution >= 0.6 is 11.6 Å². The van der Waals surface area contributed by atoms with Gasteiger partial charge in [0.15, 0.2) is 6.10 Å². The molecule has 2 aromatic carbocycles. The molecule has 0 bridgehead atoms. The summed E-state index contributed by atoms with van der Waals surface area (Å²) in [6, 6.07) is 11.6. The summed E-state index contributed by atoms with van der Waals surface area (Å²) in [7, 11) is 0. The first-order chi connectivity index (χ1) is 12.4. The summed E-state index contributed by atoms with van der Waals surface area (Å²) in [6.45, 7) is 3.30. The molecule has 6 heteroatoms. The second-order valence-electron chi connectivity index (χ2n) is 6.04. The number of Topliss-reactive ketones (excluding diaryl/α,β-unsaturated/α-hetero) is 1. The third kappa shape index (κ3) is 3.48. The smallest absolute Gasteiger partial charge is 0.311 e. The minimum absolute atomic E-state index is 0.0575. The summed E-state index contributed by atoms with van der Waals surface area (Å²) in [6.07, 6.45) is -1.33. The second kappa shape index (κ2) is 7.30. The van der Waals surface area contributed by atoms with Crippen LogP contribution in [0.4, 0.5) is 4.39 Å². The van der Waals surface area contributed by atoms with Crippen molar-refractivity contribution in [3.8, 4) is 0 Å². The lowest BCUT2D eigenvalue weighted by atomic mass is 10.0. The Morgan fingerprint density at radius 2 is 1.92 bits per heavy atom. The van der Waals surface area contributed by atoms with Gasteiger partial charge in [-0.3, -0.25) is 9.59 Å². The highest BCUT2D eigenvalue weighted by Crippen LogP contribution is 2.24. The fourth-order valence-electron chi connectivity index (χ4n) is 2.94. The summed E-state index contributed by atoms with van der Waals surface area (Å²) in [5.41, 5.74) is 2.09. The zero-order valence-corrected chi connectivity index (χ0v) is 15.1. The number of ether oxygens (including phenoxy) is 1. The highest BCUT2D eigenvalue weighted by Gasteiger charge is 2.25. The fraction of sp³-hybridized carbons (Fsp3) is 0.200. The van der Waals surface area contributed by atoms with E-state index in [-0.39, 0.29) is 22.8 Å². The van der Waals surface area contributed by atoms with E-state index in [1.165, 1.54) is 25.1 Å². The lowest BCUT2D eigenvalue weighted by Crippen LogP contribution is -2.26. The number of fused-ring (bicyclic) bond motifs is 1. The van der Waals surface area contributed by atoms with E-state index in [4.69, 9.17) is 16.3 Å². The molecule has 1 aromatic heterocycles. The molecule has 134 valence electrons. The van der Waals surface area contributed by atoms with Crippen LogP contribution in [0.15, 0.2) is 42.5 Å². The molecule has 0 aliphatic rings. The maximum atomic E-state index is 13.8. The van der Waals surface area contributed by atoms with Crippen LogP contribution in [0.2, 0.25) is 5.02 Å². The lowest BCUT2D eigenvalue weighted by molar-refractivity contribution is -0.145. The van der Waals surface area contributed by atoms with Crippen LogP contribution < -0.4 is 0 Å². The Bertz CT molecular complexity index is 976. The number of hydrogen-bond donors (Lipinski definition) is 1. The number of H-pyrrole nitrogens is 1. The van der Waals surface area contributed by atoms with Crippen LogP contribution in [-0.4, -0.2) is 22.8 Å². The Hall–Kier alpha value is -2.66. The average molecular weight is 374 g/mol. The van der Waals surface area contributed by atoms with Crippen molar-refractivity contribution in [2.24, 2.45) is 0 Å². The standard InChI is InChI=1S/C20H17ClFNO3/c1-11-19(13-6-3-4-9-17(13)23-11)20(25)12(2)26-18(24)10-14-15(21)7-5-8-16(14)22/h3-9,12,23H,10H2,1-2H3/t12-/m0/s1. The Balaban J connectivity index is 1.77. The number of rotatable bonds is 5. The summed E-state index contributed by atoms with van der Waals surface area (Å²) in [4.78, 5) is 28.0. The van der Waals surface area contributed by atoms with Crippen LogP contribution in [0.25, 0.3) is 10.9 Å². The van der Waals surface area contributed by atoms with E-state index in [0.29, 0.717) is 11.3 Å². The highest BCUT2D eigenvalue weighted by molar-refractivity contribution is 6.31. The van der Waals surface area contributed by atoms with Crippen LogP contribution in [0.1, 0.15) is 28.5 Å². The van der Waals surface area contributed by atoms with E-state index < -0.39 is 17.9 Å². The van der Waals surface area contributed by atoms with E-state index >= 15 is 0 Å². The number of carbonyl (C=O) groups is 2. The minimum atomic E-state index is -0.994. The molecule has 0 fully saturated rings. The molecule has 0 amide bonds. The Labute approximate surface area is 154 Å². The minimum Gasteiger partial charge on any atom is -0.454 e. The van der Waals surface area contributed by atoms with Crippen molar-refractivity contribution in [3.63, 3.8) is 0 Å². The maximum Gasteiger partial charge on any atom is 0.311 e. The van der Waals surface area contributed by atoms with Gasteiger partial charge in [-0.15, -0.1) is 0 Å². The van der Waals surface area contributed by atoms with Gasteiger partial charge in [-0.2, -0.15) is 0 Å². The van der Waals surface area contributed by atoms with Gasteiger partial charge in [0.1, 0.15) is 5.82 Å². The number of carbonyl (C=O) groups excluding carboxylic acids is 2. The molecule has 4 nitrogen and oxygen atoms in total. The molecule has 3 aromatic rings. The number of aromatic nitrogens is 1. The molecule has 0 radical (unpaired) electrons. The van der Waals surface area contributed by atoms with Gasteiger partial charge in [0.25, 0.3) is 0 Å². The van der Waals surface area contributed by atoms with Gasteiger partial charge in [0.2, 0.25) is 5.78 Å². The highest BCUT2D eigenvalue weighted by atomic mass is 35.5. The topological polar surface area (TPSA) is 59.2 Å². The Morgan fingerprint density at radius 3 is 2.65 bits per heavy atom. The van der Waals surface area contributed by atoms with Gasteiger partial charge in [-0.25, -0.2) is 4.39 Å². The number of para-hydroxylation sites is 1. The zero-order chi connectivity index (χ0) is 18.8. The largest absolute Gasteiger partial charge is 0.454 e. The summed E-state index contributed by atoms with van der Waals surface area (Å²) >= 11 is 5.92. The number of aromatic amines is 1. The fourth-order valence-corrected chi connectivity index (χ4v) is 3.17. The first kappa shape index (κ1) is 18.1. The molecule has 0 aliphatic heterocycles. The van der Waals surface area contributed by atoms with Crippen LogP contribution in [-0.2, 0) is 16.0 Å². The Morgan fingerprint density at radius 1 is 1.19 bits per heavy atom. The number of halogens is 2. The number of aryl methyl sites for hydroxylation is 1. The molecular formula is C20H17ClFNO3. The quantitative estimate of drug-likeness (QED) is 0.524. The number of esters is 1. The molecule has 0 saturated carbocycles. The average Bonchev–Trinajstić information content (AvgIpc) is 2.93. The molecule has 1 heterocycles. The molecular weight excluding hydrogens is 357 g/mol. The van der Waals surface area contributed by atoms with Crippen LogP contribution in [0.5, 0.6) is 0 Å². The summed E-state index contributed by atoms with van der Waals surface area (Å²) < 4.78 is 19.0. The Kier molecular flexibility index (Phi) is 5.09. The number of nitrogens with one attached hydrogen (secondary N) is 1. The molecule has 26 heavy (non-hydrogen) atoms. The molecule has 1 N–H and O–H groups in total. The van der Waals surface area contributed by atoms with Crippen molar-refractivity contribution >= 4 is 34.3 Å². The monoisotopic (exact) mass is 373 g/mol. The van der Waals surface area contributed by atoms with Crippen molar-refractivity contribution in [2.75, 3.05) is 0 Å². The van der Waals surface area contributed by atoms with Gasteiger partial charge in [-0.05, 0) is 32.0 Å². The SMILES string of the molecule is Cc1[nH]c2ccccc2c1C(=O)[C@H](C)OC(=O)Cc1c(F)cccc1Cl. The zero-order valence-electron chi connectivity index (χ0n) is 14.3. The van der Waals surface area contributed by atoms with Crippen LogP contribution in [0, 0.1) is 12.7 Å². The van der Waals surface area contributed by atoms with Crippen molar-refractivity contribution in [1.82, 2.24) is 4.98 Å². The first-order valence-corrected chi connectivity index (χ1v) is 8.50. The molecule has 0 spiro atoms. The van der Waals surface area contributed by atoms with Gasteiger partial charge < -0.3 is 9.72 Å². The summed E-state index contributed by atoms with van der Waals surface area (Å²) in [5.74, 6) is -1.61. The predicted octanol–water partition coefficient (Wildman–Crippen LogP) is 4.63. The van der Waals surface area contributed by atoms with Crippen LogP contribution in [0.3, 0.4) is 0 Å². The van der Waals surface area contributed by atoms with Crippen molar-refractivity contribution < 1.29 is 18.7 Å². The third-order valence-electron chi connectivity index (χ3n) is 4.20. The van der Waals surface area contributed by atoms with Gasteiger partial charge in [-0.1, -0.05) is 35.9 Å². The van der Waals surface area contributed by atoms with Crippen molar-refractivity contribution in [1.29, 1.82) is 0 Å². The van der Waals surface area contributed by atoms with E-state index in [1.807, 2.05) is 24.3 Å². The molecule has 0 saturated heterocycles. The third-order valence-corrected chi connectivity index (χ3v) is 4.55. The van der Waals surface area contributed by atoms with E-state index in [0.717, 1.165) is 10.9 Å². The number of benzene rings is 2. The van der Waals surface area contributed by atoms with Crippen molar-refractivity contribution in [2.45, 2.75) is 26.4 Å². The predicted molar refractivity (Wildman–Crippen MR) is 98.0 cm³/mol. The van der Waals surface area contributed by atoms with Crippen molar-refractivity contribution in [3.05, 3.63) is 70.1 Å². The number of ketones is 1. The number of hydrogen-bond acceptors (Lipinski definition) is 3. The van der Waals surface area contributed by atoms with E-state index in [2.05, 4.69) is 4.98 Å². The van der Waals surface area contributed by atoms with E-state index in [9.17, 15) is 14.0 Å². The molecule has 0 aliphatic carbocycles. The van der Waals surface area contributed by atoms with Gasteiger partial charge in [0, 0.05) is 32.7 Å². The lowest BCUT2D eigenvalue weighted by Gasteiger charge is -2.13. The normalized spacial score (nSPS) is 12.2. The van der Waals surface area contributed by atoms with Gasteiger partial charge in [0.05, 0.1) is 6.42 Å². The van der Waals surface area contributed by atoms with E-state index in [1.54, 1.807) is 6.92 Å². The summed E-state index contributed by atoms with van der Waals surface area (Å²) in [5, 5.41) is 0.920. The second-order valence-corrected chi connectivity index (χ2v) is 6.45. The molecule has 0 unspecified atom stereocenters. The molecule has 1 atom stereocenters. The van der Waals surface area contributed by atoms with Gasteiger partial charge >= 0.3 is 5.97 Å². The first-order valence-electron chi connectivity index (χ1n) is 8.12. The molecule has 3 rings (SSSR count). The maximum absolute atomic E-state index is 13.8.